The number of aryl methyl sites for hydroxylation is 2. The summed E-state index contributed by atoms with van der Waals surface area (Å²) in [4.78, 5) is 0.357. The molecule has 5 heteroatoms. The highest BCUT2D eigenvalue weighted by atomic mass is 32.1. The smallest absolute Gasteiger partial charge is 0.159 e. The summed E-state index contributed by atoms with van der Waals surface area (Å²) in [5.41, 5.74) is 9.78. The first-order valence-electron chi connectivity index (χ1n) is 7.01. The van der Waals surface area contributed by atoms with Crippen molar-refractivity contribution in [3.63, 3.8) is 0 Å². The first-order chi connectivity index (χ1) is 10.1. The Labute approximate surface area is 130 Å². The van der Waals surface area contributed by atoms with Crippen LogP contribution in [-0.4, -0.2) is 21.7 Å². The molecule has 0 saturated heterocycles. The van der Waals surface area contributed by atoms with Gasteiger partial charge in [-0.05, 0) is 37.8 Å². The summed E-state index contributed by atoms with van der Waals surface area (Å²) in [5, 5.41) is 11.6. The molecule has 0 unspecified atom stereocenters. The zero-order valence-electron chi connectivity index (χ0n) is 12.4. The molecule has 0 saturated carbocycles. The van der Waals surface area contributed by atoms with Crippen molar-refractivity contribution < 1.29 is 0 Å². The van der Waals surface area contributed by atoms with Gasteiger partial charge in [-0.2, -0.15) is 5.10 Å². The van der Waals surface area contributed by atoms with Gasteiger partial charge in [-0.25, -0.2) is 0 Å². The van der Waals surface area contributed by atoms with E-state index < -0.39 is 0 Å². The number of thiocarbonyl (C=S) groups is 1. The molecule has 0 amide bonds. The Morgan fingerprint density at radius 2 is 1.90 bits per heavy atom. The Bertz CT molecular complexity index is 626. The summed E-state index contributed by atoms with van der Waals surface area (Å²) in [6.45, 7) is 4.68. The molecule has 1 heterocycles. The van der Waals surface area contributed by atoms with Gasteiger partial charge in [0.1, 0.15) is 4.99 Å². The summed E-state index contributed by atoms with van der Waals surface area (Å²) in [6, 6.07) is 10.4. The number of benzene rings is 1. The van der Waals surface area contributed by atoms with E-state index in [0.29, 0.717) is 10.8 Å². The molecule has 2 rings (SSSR count). The van der Waals surface area contributed by atoms with Crippen molar-refractivity contribution in [3.05, 3.63) is 52.7 Å². The minimum Gasteiger partial charge on any atom is -0.389 e. The molecule has 4 nitrogen and oxygen atoms in total. The maximum absolute atomic E-state index is 5.80. The number of anilines is 1. The van der Waals surface area contributed by atoms with E-state index in [0.717, 1.165) is 36.2 Å². The van der Waals surface area contributed by atoms with Crippen molar-refractivity contribution in [2.24, 2.45) is 5.73 Å². The van der Waals surface area contributed by atoms with Gasteiger partial charge in [-0.15, -0.1) is 5.10 Å². The van der Waals surface area contributed by atoms with Crippen LogP contribution < -0.4 is 11.1 Å². The van der Waals surface area contributed by atoms with Crippen LogP contribution in [0.3, 0.4) is 0 Å². The van der Waals surface area contributed by atoms with E-state index in [-0.39, 0.29) is 0 Å². The molecule has 0 aliphatic rings. The molecule has 0 bridgehead atoms. The topological polar surface area (TPSA) is 63.8 Å². The summed E-state index contributed by atoms with van der Waals surface area (Å²) in [5.74, 6) is 0.679. The average molecular weight is 300 g/mol. The molecular formula is C16H20N4S. The molecule has 0 aliphatic carbocycles. The lowest BCUT2D eigenvalue weighted by Crippen LogP contribution is -2.18. The lowest BCUT2D eigenvalue weighted by atomic mass is 10.1. The van der Waals surface area contributed by atoms with E-state index in [2.05, 4.69) is 39.8 Å². The van der Waals surface area contributed by atoms with Crippen LogP contribution in [0.25, 0.3) is 0 Å². The van der Waals surface area contributed by atoms with Gasteiger partial charge in [0.05, 0.1) is 11.3 Å². The first-order valence-corrected chi connectivity index (χ1v) is 7.42. The number of rotatable bonds is 6. The highest BCUT2D eigenvalue weighted by Crippen LogP contribution is 2.18. The number of hydrogen-bond acceptors (Lipinski definition) is 4. The van der Waals surface area contributed by atoms with Gasteiger partial charge in [0, 0.05) is 6.54 Å². The fourth-order valence-electron chi connectivity index (χ4n) is 2.18. The van der Waals surface area contributed by atoms with Crippen molar-refractivity contribution in [2.45, 2.75) is 26.7 Å². The molecule has 110 valence electrons. The molecule has 1 aromatic heterocycles. The van der Waals surface area contributed by atoms with Crippen molar-refractivity contribution in [3.8, 4) is 0 Å². The predicted molar refractivity (Wildman–Crippen MR) is 90.6 cm³/mol. The monoisotopic (exact) mass is 300 g/mol. The van der Waals surface area contributed by atoms with E-state index in [4.69, 9.17) is 18.0 Å². The Morgan fingerprint density at radius 1 is 1.19 bits per heavy atom. The summed E-state index contributed by atoms with van der Waals surface area (Å²) < 4.78 is 0. The molecule has 0 atom stereocenters. The van der Waals surface area contributed by atoms with Crippen LogP contribution in [0.5, 0.6) is 0 Å². The highest BCUT2D eigenvalue weighted by Gasteiger charge is 2.12. The lowest BCUT2D eigenvalue weighted by Gasteiger charge is -2.13. The predicted octanol–water partition coefficient (Wildman–Crippen LogP) is 2.77. The Balaban J connectivity index is 1.97. The van der Waals surface area contributed by atoms with E-state index >= 15 is 0 Å². The molecule has 2 aromatic rings. The van der Waals surface area contributed by atoms with Gasteiger partial charge < -0.3 is 11.1 Å². The van der Waals surface area contributed by atoms with Crippen LogP contribution in [-0.2, 0) is 6.42 Å². The minimum absolute atomic E-state index is 0.357. The Hall–Kier alpha value is -2.01. The van der Waals surface area contributed by atoms with E-state index in [1.807, 2.05) is 19.9 Å². The number of nitrogens with zero attached hydrogens (tertiary/aromatic N) is 2. The van der Waals surface area contributed by atoms with Crippen LogP contribution in [0, 0.1) is 13.8 Å². The van der Waals surface area contributed by atoms with Gasteiger partial charge >= 0.3 is 0 Å². The number of nitrogens with two attached hydrogens (primary N) is 1. The van der Waals surface area contributed by atoms with E-state index in [1.165, 1.54) is 5.56 Å². The van der Waals surface area contributed by atoms with Gasteiger partial charge in [-0.3, -0.25) is 0 Å². The van der Waals surface area contributed by atoms with Crippen molar-refractivity contribution in [1.82, 2.24) is 10.2 Å². The molecule has 0 fully saturated rings. The average Bonchev–Trinajstić information content (AvgIpc) is 2.48. The molecule has 0 spiro atoms. The van der Waals surface area contributed by atoms with E-state index in [9.17, 15) is 0 Å². The largest absolute Gasteiger partial charge is 0.389 e. The quantitative estimate of drug-likeness (QED) is 0.634. The number of nitrogens with one attached hydrogen (secondary N) is 1. The fraction of sp³-hybridized carbons (Fsp3) is 0.312. The third-order valence-corrected chi connectivity index (χ3v) is 3.68. The summed E-state index contributed by atoms with van der Waals surface area (Å²) in [6.07, 6.45) is 2.03. The summed E-state index contributed by atoms with van der Waals surface area (Å²) >= 11 is 5.12. The van der Waals surface area contributed by atoms with E-state index in [1.54, 1.807) is 0 Å². The molecule has 21 heavy (non-hydrogen) atoms. The lowest BCUT2D eigenvalue weighted by molar-refractivity contribution is 0.848. The third kappa shape index (κ3) is 3.98. The van der Waals surface area contributed by atoms with Crippen molar-refractivity contribution in [2.75, 3.05) is 11.9 Å². The van der Waals surface area contributed by atoms with Crippen LogP contribution >= 0.6 is 12.2 Å². The zero-order valence-corrected chi connectivity index (χ0v) is 13.2. The second-order valence-electron chi connectivity index (χ2n) is 5.01. The molecular weight excluding hydrogens is 280 g/mol. The van der Waals surface area contributed by atoms with Crippen molar-refractivity contribution >= 4 is 23.0 Å². The van der Waals surface area contributed by atoms with Gasteiger partial charge in [0.15, 0.2) is 5.82 Å². The number of aromatic nitrogens is 2. The van der Waals surface area contributed by atoms with Crippen LogP contribution in [0.1, 0.15) is 28.8 Å². The van der Waals surface area contributed by atoms with Crippen molar-refractivity contribution in [1.29, 1.82) is 0 Å². The normalized spacial score (nSPS) is 10.4. The zero-order chi connectivity index (χ0) is 15.2. The molecule has 0 aliphatic heterocycles. The van der Waals surface area contributed by atoms with Gasteiger partial charge in [0.2, 0.25) is 0 Å². The van der Waals surface area contributed by atoms with Crippen LogP contribution in [0.2, 0.25) is 0 Å². The first kappa shape index (κ1) is 15.4. The second-order valence-corrected chi connectivity index (χ2v) is 5.45. The Kier molecular flexibility index (Phi) is 5.22. The fourth-order valence-corrected chi connectivity index (χ4v) is 2.43. The summed E-state index contributed by atoms with van der Waals surface area (Å²) in [7, 11) is 0. The maximum atomic E-state index is 5.80. The van der Waals surface area contributed by atoms with Crippen LogP contribution in [0.4, 0.5) is 5.82 Å². The van der Waals surface area contributed by atoms with Gasteiger partial charge in [-0.1, -0.05) is 42.5 Å². The maximum Gasteiger partial charge on any atom is 0.159 e. The Morgan fingerprint density at radius 3 is 2.57 bits per heavy atom. The standard InChI is InChI=1S/C16H20N4S/c1-11-12(2)19-20-16(14(11)15(17)21)18-10-6-9-13-7-4-3-5-8-13/h3-5,7-8H,6,9-10H2,1-2H3,(H2,17,21)(H,18,20). The SMILES string of the molecule is Cc1nnc(NCCCc2ccccc2)c(C(N)=S)c1C. The van der Waals surface area contributed by atoms with Crippen LogP contribution in [0.15, 0.2) is 30.3 Å². The number of hydrogen-bond donors (Lipinski definition) is 2. The van der Waals surface area contributed by atoms with Gasteiger partial charge in [0.25, 0.3) is 0 Å². The minimum atomic E-state index is 0.357. The molecule has 3 N–H and O–H groups in total. The molecule has 0 radical (unpaired) electrons. The highest BCUT2D eigenvalue weighted by molar-refractivity contribution is 7.80. The third-order valence-electron chi connectivity index (χ3n) is 3.48. The molecule has 1 aromatic carbocycles. The second kappa shape index (κ2) is 7.13.